The van der Waals surface area contributed by atoms with Gasteiger partial charge in [0.15, 0.2) is 0 Å². The largest absolute Gasteiger partial charge is 0.381 e. The second-order valence-corrected chi connectivity index (χ2v) is 5.64. The second-order valence-electron chi connectivity index (χ2n) is 5.64. The average Bonchev–Trinajstić information content (AvgIpc) is 3.09. The molecule has 2 fully saturated rings. The molecule has 1 heterocycles. The van der Waals surface area contributed by atoms with Crippen LogP contribution < -0.4 is 5.32 Å². The Bertz CT molecular complexity index is 230. The standard InChI is InChI=1S/C14H27NO2/c1-3-8-16-9-6-14(7-10-17-12(14)2)11-15-13-4-5-13/h12-13,15H,3-11H2,1-2H3. The molecule has 0 radical (unpaired) electrons. The summed E-state index contributed by atoms with van der Waals surface area (Å²) in [6.45, 7) is 8.18. The van der Waals surface area contributed by atoms with Crippen molar-refractivity contribution in [2.24, 2.45) is 5.41 Å². The van der Waals surface area contributed by atoms with E-state index in [4.69, 9.17) is 9.47 Å². The molecule has 0 amide bonds. The third kappa shape index (κ3) is 3.67. The van der Waals surface area contributed by atoms with Gasteiger partial charge in [-0.15, -0.1) is 0 Å². The van der Waals surface area contributed by atoms with Crippen molar-refractivity contribution in [2.75, 3.05) is 26.4 Å². The first-order valence-electron chi connectivity index (χ1n) is 7.19. The zero-order valence-corrected chi connectivity index (χ0v) is 11.3. The van der Waals surface area contributed by atoms with E-state index in [9.17, 15) is 0 Å². The minimum atomic E-state index is 0.316. The first-order valence-corrected chi connectivity index (χ1v) is 7.19. The predicted octanol–water partition coefficient (Wildman–Crippen LogP) is 2.35. The Morgan fingerprint density at radius 1 is 1.35 bits per heavy atom. The van der Waals surface area contributed by atoms with Crippen LogP contribution in [0.4, 0.5) is 0 Å². The first-order chi connectivity index (χ1) is 8.27. The van der Waals surface area contributed by atoms with Crippen molar-refractivity contribution in [2.45, 2.75) is 58.1 Å². The molecule has 3 nitrogen and oxygen atoms in total. The molecular formula is C14H27NO2. The summed E-state index contributed by atoms with van der Waals surface area (Å²) in [6.07, 6.45) is 6.52. The minimum Gasteiger partial charge on any atom is -0.381 e. The smallest absolute Gasteiger partial charge is 0.0617 e. The molecule has 1 N–H and O–H groups in total. The molecule has 2 rings (SSSR count). The van der Waals surface area contributed by atoms with Crippen LogP contribution in [0.2, 0.25) is 0 Å². The molecule has 1 saturated carbocycles. The Hall–Kier alpha value is -0.120. The van der Waals surface area contributed by atoms with Gasteiger partial charge >= 0.3 is 0 Å². The first kappa shape index (κ1) is 13.3. The fourth-order valence-corrected chi connectivity index (χ4v) is 2.62. The molecule has 0 aromatic heterocycles. The quantitative estimate of drug-likeness (QED) is 0.662. The molecule has 0 aromatic carbocycles. The van der Waals surface area contributed by atoms with Gasteiger partial charge in [-0.05, 0) is 39.0 Å². The molecular weight excluding hydrogens is 214 g/mol. The highest BCUT2D eigenvalue weighted by molar-refractivity contribution is 4.94. The summed E-state index contributed by atoms with van der Waals surface area (Å²) in [5.41, 5.74) is 0.316. The van der Waals surface area contributed by atoms with Crippen LogP contribution in [-0.4, -0.2) is 38.5 Å². The molecule has 0 bridgehead atoms. The molecule has 2 aliphatic rings. The summed E-state index contributed by atoms with van der Waals surface area (Å²) in [5.74, 6) is 0. The van der Waals surface area contributed by atoms with Crippen LogP contribution in [0.15, 0.2) is 0 Å². The summed E-state index contributed by atoms with van der Waals surface area (Å²) < 4.78 is 11.4. The Labute approximate surface area is 105 Å². The maximum atomic E-state index is 5.78. The summed E-state index contributed by atoms with van der Waals surface area (Å²) in [4.78, 5) is 0. The van der Waals surface area contributed by atoms with E-state index in [1.165, 1.54) is 19.3 Å². The normalized spacial score (nSPS) is 33.2. The summed E-state index contributed by atoms with van der Waals surface area (Å²) >= 11 is 0. The van der Waals surface area contributed by atoms with Crippen molar-refractivity contribution in [3.8, 4) is 0 Å². The molecule has 1 aliphatic heterocycles. The average molecular weight is 241 g/mol. The number of hydrogen-bond donors (Lipinski definition) is 1. The topological polar surface area (TPSA) is 30.5 Å². The summed E-state index contributed by atoms with van der Waals surface area (Å²) in [6, 6.07) is 0.788. The van der Waals surface area contributed by atoms with E-state index in [-0.39, 0.29) is 0 Å². The van der Waals surface area contributed by atoms with Crippen LogP contribution in [0.1, 0.15) is 46.0 Å². The lowest BCUT2D eigenvalue weighted by atomic mass is 9.78. The van der Waals surface area contributed by atoms with Gasteiger partial charge in [-0.3, -0.25) is 0 Å². The lowest BCUT2D eigenvalue weighted by Crippen LogP contribution is -2.41. The van der Waals surface area contributed by atoms with Crippen LogP contribution in [-0.2, 0) is 9.47 Å². The van der Waals surface area contributed by atoms with E-state index in [1.54, 1.807) is 0 Å². The van der Waals surface area contributed by atoms with Crippen molar-refractivity contribution in [3.63, 3.8) is 0 Å². The summed E-state index contributed by atoms with van der Waals surface area (Å²) in [5, 5.41) is 3.68. The van der Waals surface area contributed by atoms with E-state index in [0.717, 1.165) is 45.2 Å². The highest BCUT2D eigenvalue weighted by Gasteiger charge is 2.41. The molecule has 3 heteroatoms. The van der Waals surface area contributed by atoms with Crippen LogP contribution in [0, 0.1) is 5.41 Å². The summed E-state index contributed by atoms with van der Waals surface area (Å²) in [7, 11) is 0. The lowest BCUT2D eigenvalue weighted by Gasteiger charge is -2.32. The zero-order chi connectivity index (χ0) is 12.1. The monoisotopic (exact) mass is 241 g/mol. The fraction of sp³-hybridized carbons (Fsp3) is 1.00. The van der Waals surface area contributed by atoms with E-state index in [2.05, 4.69) is 19.2 Å². The second kappa shape index (κ2) is 6.17. The number of hydrogen-bond acceptors (Lipinski definition) is 3. The van der Waals surface area contributed by atoms with Gasteiger partial charge < -0.3 is 14.8 Å². The van der Waals surface area contributed by atoms with Gasteiger partial charge in [-0.2, -0.15) is 0 Å². The van der Waals surface area contributed by atoms with E-state index in [1.807, 2.05) is 0 Å². The van der Waals surface area contributed by atoms with E-state index in [0.29, 0.717) is 11.5 Å². The number of rotatable bonds is 8. The SMILES string of the molecule is CCCOCCC1(CNC2CC2)CCOC1C. The van der Waals surface area contributed by atoms with Crippen molar-refractivity contribution in [3.05, 3.63) is 0 Å². The molecule has 0 spiro atoms. The van der Waals surface area contributed by atoms with E-state index >= 15 is 0 Å². The highest BCUT2D eigenvalue weighted by atomic mass is 16.5. The van der Waals surface area contributed by atoms with Crippen LogP contribution >= 0.6 is 0 Å². The fourth-order valence-electron chi connectivity index (χ4n) is 2.62. The predicted molar refractivity (Wildman–Crippen MR) is 69.2 cm³/mol. The third-order valence-corrected chi connectivity index (χ3v) is 4.24. The third-order valence-electron chi connectivity index (χ3n) is 4.24. The van der Waals surface area contributed by atoms with Gasteiger partial charge in [0.2, 0.25) is 0 Å². The number of ether oxygens (including phenoxy) is 2. The van der Waals surface area contributed by atoms with Crippen molar-refractivity contribution in [1.29, 1.82) is 0 Å². The lowest BCUT2D eigenvalue weighted by molar-refractivity contribution is 0.0329. The highest BCUT2D eigenvalue weighted by Crippen LogP contribution is 2.38. The van der Waals surface area contributed by atoms with Crippen molar-refractivity contribution >= 4 is 0 Å². The Balaban J connectivity index is 1.78. The Morgan fingerprint density at radius 2 is 2.18 bits per heavy atom. The van der Waals surface area contributed by atoms with Gasteiger partial charge in [0.25, 0.3) is 0 Å². The molecule has 1 aliphatic carbocycles. The minimum absolute atomic E-state index is 0.316. The van der Waals surface area contributed by atoms with Crippen molar-refractivity contribution < 1.29 is 9.47 Å². The molecule has 100 valence electrons. The van der Waals surface area contributed by atoms with Gasteiger partial charge in [-0.1, -0.05) is 6.92 Å². The molecule has 1 saturated heterocycles. The Kier molecular flexibility index (Phi) is 4.83. The van der Waals surface area contributed by atoms with Gasteiger partial charge in [0.1, 0.15) is 0 Å². The number of nitrogens with one attached hydrogen (secondary N) is 1. The van der Waals surface area contributed by atoms with Crippen LogP contribution in [0.5, 0.6) is 0 Å². The molecule has 2 atom stereocenters. The van der Waals surface area contributed by atoms with Gasteiger partial charge in [0.05, 0.1) is 6.10 Å². The molecule has 2 unspecified atom stereocenters. The Morgan fingerprint density at radius 3 is 2.76 bits per heavy atom. The molecule has 17 heavy (non-hydrogen) atoms. The van der Waals surface area contributed by atoms with E-state index < -0.39 is 0 Å². The maximum Gasteiger partial charge on any atom is 0.0617 e. The zero-order valence-electron chi connectivity index (χ0n) is 11.3. The van der Waals surface area contributed by atoms with Crippen molar-refractivity contribution in [1.82, 2.24) is 5.32 Å². The van der Waals surface area contributed by atoms with Gasteiger partial charge in [0, 0.05) is 37.8 Å². The van der Waals surface area contributed by atoms with Gasteiger partial charge in [-0.25, -0.2) is 0 Å². The molecule has 0 aromatic rings. The maximum absolute atomic E-state index is 5.78. The van der Waals surface area contributed by atoms with Crippen LogP contribution in [0.25, 0.3) is 0 Å². The van der Waals surface area contributed by atoms with Crippen LogP contribution in [0.3, 0.4) is 0 Å².